The fraction of sp³-hybridized carbons (Fsp3) is 0.500. The number of hydrogen-bond donors (Lipinski definition) is 1. The molecule has 6 heteroatoms. The Bertz CT molecular complexity index is 669. The van der Waals surface area contributed by atoms with Crippen LogP contribution in [0, 0.1) is 5.41 Å². The molecule has 144 valence electrons. The third-order valence-electron chi connectivity index (χ3n) is 3.49. The third kappa shape index (κ3) is 6.78. The van der Waals surface area contributed by atoms with E-state index in [4.69, 9.17) is 14.2 Å². The highest BCUT2D eigenvalue weighted by Crippen LogP contribution is 2.30. The molecule has 0 aliphatic heterocycles. The van der Waals surface area contributed by atoms with Gasteiger partial charge in [-0.3, -0.25) is 0 Å². The second-order valence-corrected chi connectivity index (χ2v) is 7.25. The normalized spacial score (nSPS) is 13.1. The van der Waals surface area contributed by atoms with E-state index in [-0.39, 0.29) is 11.5 Å². The summed E-state index contributed by atoms with van der Waals surface area (Å²) in [5.41, 5.74) is 0.0221. The maximum atomic E-state index is 12.1. The van der Waals surface area contributed by atoms with Crippen molar-refractivity contribution in [2.45, 2.75) is 47.1 Å². The molecular weight excluding hydrogens is 336 g/mol. The number of carboxylic acid groups (broad SMARTS) is 1. The van der Waals surface area contributed by atoms with Crippen LogP contribution in [-0.2, 0) is 14.3 Å². The first-order valence-corrected chi connectivity index (χ1v) is 8.54. The van der Waals surface area contributed by atoms with Crippen LogP contribution in [0.1, 0.15) is 46.6 Å². The van der Waals surface area contributed by atoms with Gasteiger partial charge in [0.15, 0.2) is 11.5 Å². The Hall–Kier alpha value is -2.50. The van der Waals surface area contributed by atoms with Crippen molar-refractivity contribution in [3.8, 4) is 11.5 Å². The fourth-order valence-corrected chi connectivity index (χ4v) is 1.89. The minimum Gasteiger partial charge on any atom is -0.493 e. The van der Waals surface area contributed by atoms with E-state index < -0.39 is 17.5 Å². The van der Waals surface area contributed by atoms with Gasteiger partial charge in [0.25, 0.3) is 0 Å². The van der Waals surface area contributed by atoms with Crippen LogP contribution in [0.15, 0.2) is 23.8 Å². The van der Waals surface area contributed by atoms with Gasteiger partial charge >= 0.3 is 11.9 Å². The number of rotatable bonds is 8. The van der Waals surface area contributed by atoms with Gasteiger partial charge in [0.1, 0.15) is 5.57 Å². The summed E-state index contributed by atoms with van der Waals surface area (Å²) in [5, 5.41) is 9.35. The molecule has 6 nitrogen and oxygen atoms in total. The third-order valence-corrected chi connectivity index (χ3v) is 3.49. The lowest BCUT2D eigenvalue weighted by atomic mass is 9.99. The number of carbonyl (C=O) groups is 2. The van der Waals surface area contributed by atoms with E-state index in [1.165, 1.54) is 13.2 Å². The van der Waals surface area contributed by atoms with Gasteiger partial charge in [0, 0.05) is 0 Å². The summed E-state index contributed by atoms with van der Waals surface area (Å²) < 4.78 is 16.2. The zero-order chi connectivity index (χ0) is 19.9. The van der Waals surface area contributed by atoms with Crippen LogP contribution >= 0.6 is 0 Å². The number of carboxylic acids is 1. The standard InChI is InChI=1S/C20H28O6/c1-7-13(2)26-19(23)15(18(21)22)10-14-8-9-16(24-6)17(11-14)25-12-20(3,4)5/h8-11,13H,7,12H2,1-6H3,(H,21,22). The molecule has 0 fully saturated rings. The Morgan fingerprint density at radius 1 is 1.23 bits per heavy atom. The second-order valence-electron chi connectivity index (χ2n) is 7.25. The van der Waals surface area contributed by atoms with E-state index in [9.17, 15) is 14.7 Å². The molecular formula is C20H28O6. The molecule has 0 bridgehead atoms. The minimum atomic E-state index is -1.34. The number of ether oxygens (including phenoxy) is 3. The van der Waals surface area contributed by atoms with Gasteiger partial charge in [0.05, 0.1) is 19.8 Å². The van der Waals surface area contributed by atoms with Gasteiger partial charge in [0.2, 0.25) is 0 Å². The van der Waals surface area contributed by atoms with Gasteiger partial charge in [-0.2, -0.15) is 0 Å². The van der Waals surface area contributed by atoms with Crippen LogP contribution in [0.4, 0.5) is 0 Å². The highest BCUT2D eigenvalue weighted by molar-refractivity contribution is 6.17. The SMILES string of the molecule is CCC(C)OC(=O)C(=Cc1ccc(OC)c(OCC(C)(C)C)c1)C(=O)O. The molecule has 1 aromatic rings. The monoisotopic (exact) mass is 364 g/mol. The molecule has 26 heavy (non-hydrogen) atoms. The smallest absolute Gasteiger partial charge is 0.345 e. The Balaban J connectivity index is 3.16. The van der Waals surface area contributed by atoms with E-state index in [1.54, 1.807) is 25.1 Å². The van der Waals surface area contributed by atoms with E-state index in [1.807, 2.05) is 27.7 Å². The number of methoxy groups -OCH3 is 1. The Kier molecular flexibility index (Phi) is 7.68. The zero-order valence-corrected chi connectivity index (χ0v) is 16.3. The van der Waals surface area contributed by atoms with E-state index in [0.29, 0.717) is 30.1 Å². The van der Waals surface area contributed by atoms with Gasteiger partial charge in [-0.25, -0.2) is 9.59 Å². The highest BCUT2D eigenvalue weighted by atomic mass is 16.5. The summed E-state index contributed by atoms with van der Waals surface area (Å²) in [6.45, 7) is 10.1. The summed E-state index contributed by atoms with van der Waals surface area (Å²) in [7, 11) is 1.53. The average Bonchev–Trinajstić information content (AvgIpc) is 2.56. The molecule has 0 aliphatic carbocycles. The van der Waals surface area contributed by atoms with Crippen molar-refractivity contribution in [1.29, 1.82) is 0 Å². The van der Waals surface area contributed by atoms with Crippen molar-refractivity contribution >= 4 is 18.0 Å². The number of carbonyl (C=O) groups excluding carboxylic acids is 1. The Labute approximate surface area is 154 Å². The summed E-state index contributed by atoms with van der Waals surface area (Å²) >= 11 is 0. The van der Waals surface area contributed by atoms with Crippen LogP contribution in [-0.4, -0.2) is 36.9 Å². The van der Waals surface area contributed by atoms with Crippen LogP contribution in [0.2, 0.25) is 0 Å². The first-order valence-electron chi connectivity index (χ1n) is 8.54. The average molecular weight is 364 g/mol. The Morgan fingerprint density at radius 3 is 2.38 bits per heavy atom. The number of benzene rings is 1. The maximum absolute atomic E-state index is 12.1. The first-order chi connectivity index (χ1) is 12.1. The molecule has 0 aromatic heterocycles. The van der Waals surface area contributed by atoms with Gasteiger partial charge < -0.3 is 19.3 Å². The number of aliphatic carboxylic acids is 1. The zero-order valence-electron chi connectivity index (χ0n) is 16.3. The Morgan fingerprint density at radius 2 is 1.88 bits per heavy atom. The maximum Gasteiger partial charge on any atom is 0.345 e. The minimum absolute atomic E-state index is 0.0524. The summed E-state index contributed by atoms with van der Waals surface area (Å²) in [6.07, 6.45) is 1.52. The van der Waals surface area contributed by atoms with E-state index in [2.05, 4.69) is 0 Å². The topological polar surface area (TPSA) is 82.1 Å². The van der Waals surface area contributed by atoms with Crippen LogP contribution < -0.4 is 9.47 Å². The second kappa shape index (κ2) is 9.27. The van der Waals surface area contributed by atoms with Crippen molar-refractivity contribution in [2.75, 3.05) is 13.7 Å². The van der Waals surface area contributed by atoms with Gasteiger partial charge in [-0.1, -0.05) is 33.8 Å². The van der Waals surface area contributed by atoms with Gasteiger partial charge in [-0.05, 0) is 42.5 Å². The lowest BCUT2D eigenvalue weighted by Crippen LogP contribution is -2.20. The van der Waals surface area contributed by atoms with Crippen molar-refractivity contribution in [1.82, 2.24) is 0 Å². The number of hydrogen-bond acceptors (Lipinski definition) is 5. The molecule has 1 unspecified atom stereocenters. The predicted molar refractivity (Wildman–Crippen MR) is 99.4 cm³/mol. The predicted octanol–water partition coefficient (Wildman–Crippen LogP) is 3.93. The lowest BCUT2D eigenvalue weighted by Gasteiger charge is -2.20. The van der Waals surface area contributed by atoms with Gasteiger partial charge in [-0.15, -0.1) is 0 Å². The molecule has 0 spiro atoms. The molecule has 1 N–H and O–H groups in total. The molecule has 1 atom stereocenters. The summed E-state index contributed by atoms with van der Waals surface area (Å²) in [4.78, 5) is 23.6. The van der Waals surface area contributed by atoms with Crippen LogP contribution in [0.5, 0.6) is 11.5 Å². The molecule has 0 saturated carbocycles. The molecule has 0 saturated heterocycles. The molecule has 0 amide bonds. The van der Waals surface area contributed by atoms with E-state index >= 15 is 0 Å². The van der Waals surface area contributed by atoms with E-state index in [0.717, 1.165) is 0 Å². The molecule has 0 radical (unpaired) electrons. The van der Waals surface area contributed by atoms with Crippen molar-refractivity contribution < 1.29 is 28.9 Å². The first kappa shape index (κ1) is 21.5. The lowest BCUT2D eigenvalue weighted by molar-refractivity contribution is -0.147. The van der Waals surface area contributed by atoms with Crippen LogP contribution in [0.25, 0.3) is 6.08 Å². The quantitative estimate of drug-likeness (QED) is 0.326. The molecule has 0 heterocycles. The molecule has 0 aliphatic rings. The van der Waals surface area contributed by atoms with Crippen molar-refractivity contribution in [3.63, 3.8) is 0 Å². The van der Waals surface area contributed by atoms with Crippen molar-refractivity contribution in [3.05, 3.63) is 29.3 Å². The summed E-state index contributed by atoms with van der Waals surface area (Å²) in [6, 6.07) is 4.97. The fourth-order valence-electron chi connectivity index (χ4n) is 1.89. The molecule has 1 aromatic carbocycles. The van der Waals surface area contributed by atoms with Crippen molar-refractivity contribution in [2.24, 2.45) is 5.41 Å². The molecule has 1 rings (SSSR count). The largest absolute Gasteiger partial charge is 0.493 e. The summed E-state index contributed by atoms with van der Waals surface area (Å²) in [5.74, 6) is -1.19. The highest BCUT2D eigenvalue weighted by Gasteiger charge is 2.21. The van der Waals surface area contributed by atoms with Crippen LogP contribution in [0.3, 0.4) is 0 Å². The number of esters is 1.